The molecule has 0 radical (unpaired) electrons. The van der Waals surface area contributed by atoms with Gasteiger partial charge in [0.2, 0.25) is 5.91 Å². The Morgan fingerprint density at radius 1 is 1.15 bits per heavy atom. The van der Waals surface area contributed by atoms with Crippen LogP contribution in [-0.2, 0) is 11.3 Å². The average Bonchev–Trinajstić information content (AvgIpc) is 3.27. The predicted octanol–water partition coefficient (Wildman–Crippen LogP) is 5.54. The first-order valence-electron chi connectivity index (χ1n) is 10.6. The summed E-state index contributed by atoms with van der Waals surface area (Å²) in [5.74, 6) is 1.30. The number of fused-ring (bicyclic) bond motifs is 1. The minimum atomic E-state index is -0.182. The van der Waals surface area contributed by atoms with Crippen molar-refractivity contribution in [1.29, 1.82) is 0 Å². The second-order valence-corrected chi connectivity index (χ2v) is 7.74. The normalized spacial score (nSPS) is 11.5. The lowest BCUT2D eigenvalue weighted by Gasteiger charge is -2.13. The number of amides is 1. The molecule has 0 unspecified atom stereocenters. The summed E-state index contributed by atoms with van der Waals surface area (Å²) in [6.45, 7) is 4.27. The SMILES string of the molecule is COc1ccc(-c2coc3c(C)c(OC)c(/C(C)=C/C(=O)NCc4cccnc4)cc23)cc1. The molecule has 168 valence electrons. The molecule has 0 fully saturated rings. The molecule has 0 bridgehead atoms. The van der Waals surface area contributed by atoms with Crippen LogP contribution in [0.3, 0.4) is 0 Å². The minimum Gasteiger partial charge on any atom is -0.497 e. The lowest BCUT2D eigenvalue weighted by Crippen LogP contribution is -2.20. The number of nitrogens with zero attached hydrogens (tertiary/aromatic N) is 1. The summed E-state index contributed by atoms with van der Waals surface area (Å²) in [4.78, 5) is 16.6. The Morgan fingerprint density at radius 2 is 1.94 bits per heavy atom. The van der Waals surface area contributed by atoms with Crippen LogP contribution in [0.5, 0.6) is 11.5 Å². The van der Waals surface area contributed by atoms with E-state index in [-0.39, 0.29) is 5.91 Å². The maximum atomic E-state index is 12.6. The number of aromatic nitrogens is 1. The van der Waals surface area contributed by atoms with E-state index in [1.54, 1.807) is 39.0 Å². The van der Waals surface area contributed by atoms with Gasteiger partial charge in [-0.15, -0.1) is 0 Å². The molecule has 4 rings (SSSR count). The molecule has 6 heteroatoms. The van der Waals surface area contributed by atoms with Gasteiger partial charge >= 0.3 is 0 Å². The van der Waals surface area contributed by atoms with Crippen molar-refractivity contribution in [2.24, 2.45) is 0 Å². The molecule has 1 N–H and O–H groups in total. The predicted molar refractivity (Wildman–Crippen MR) is 129 cm³/mol. The van der Waals surface area contributed by atoms with Crippen molar-refractivity contribution in [2.45, 2.75) is 20.4 Å². The fourth-order valence-corrected chi connectivity index (χ4v) is 3.88. The van der Waals surface area contributed by atoms with Crippen LogP contribution in [0.15, 0.2) is 71.6 Å². The van der Waals surface area contributed by atoms with Crippen LogP contribution in [0.4, 0.5) is 0 Å². The number of ether oxygens (including phenoxy) is 2. The van der Waals surface area contributed by atoms with Crippen molar-refractivity contribution in [3.05, 3.63) is 83.9 Å². The van der Waals surface area contributed by atoms with Gasteiger partial charge in [0.05, 0.1) is 20.5 Å². The zero-order valence-electron chi connectivity index (χ0n) is 19.1. The molecule has 0 aliphatic carbocycles. The molecule has 2 aromatic heterocycles. The van der Waals surface area contributed by atoms with E-state index < -0.39 is 0 Å². The standard InChI is InChI=1S/C27H26N2O4/c1-17(12-25(30)29-15-19-6-5-11-28-14-19)22-13-23-24(20-7-9-21(31-3)10-8-20)16-33-27(23)18(2)26(22)32-4/h5-14,16H,15H2,1-4H3,(H,29,30)/b17-12+. The van der Waals surface area contributed by atoms with Crippen molar-refractivity contribution in [3.8, 4) is 22.6 Å². The van der Waals surface area contributed by atoms with Gasteiger partial charge < -0.3 is 19.2 Å². The fraction of sp³-hybridized carbons (Fsp3) is 0.185. The maximum absolute atomic E-state index is 12.6. The minimum absolute atomic E-state index is 0.182. The van der Waals surface area contributed by atoms with E-state index in [2.05, 4.69) is 10.3 Å². The Morgan fingerprint density at radius 3 is 2.61 bits per heavy atom. The van der Waals surface area contributed by atoms with Crippen molar-refractivity contribution < 1.29 is 18.7 Å². The lowest BCUT2D eigenvalue weighted by molar-refractivity contribution is -0.116. The second-order valence-electron chi connectivity index (χ2n) is 7.74. The number of pyridine rings is 1. The first-order chi connectivity index (χ1) is 16.0. The van der Waals surface area contributed by atoms with E-state index in [1.165, 1.54) is 0 Å². The molecule has 2 heterocycles. The molecule has 1 amide bonds. The summed E-state index contributed by atoms with van der Waals surface area (Å²) >= 11 is 0. The van der Waals surface area contributed by atoms with Gasteiger partial charge in [-0.2, -0.15) is 0 Å². The fourth-order valence-electron chi connectivity index (χ4n) is 3.88. The van der Waals surface area contributed by atoms with Crippen molar-refractivity contribution >= 4 is 22.4 Å². The van der Waals surface area contributed by atoms with Gasteiger partial charge in [-0.05, 0) is 54.8 Å². The number of methoxy groups -OCH3 is 2. The Balaban J connectivity index is 1.69. The van der Waals surface area contributed by atoms with Gasteiger partial charge in [0.25, 0.3) is 0 Å². The van der Waals surface area contributed by atoms with Gasteiger partial charge in [0.15, 0.2) is 0 Å². The number of allylic oxidation sites excluding steroid dienone is 1. The van der Waals surface area contributed by atoms with E-state index in [1.807, 2.05) is 56.3 Å². The van der Waals surface area contributed by atoms with E-state index in [0.717, 1.165) is 50.1 Å². The van der Waals surface area contributed by atoms with Crippen LogP contribution in [0.25, 0.3) is 27.7 Å². The summed E-state index contributed by atoms with van der Waals surface area (Å²) in [6, 6.07) is 13.6. The molecular weight excluding hydrogens is 416 g/mol. The average molecular weight is 443 g/mol. The van der Waals surface area contributed by atoms with Crippen LogP contribution in [0, 0.1) is 6.92 Å². The number of benzene rings is 2. The number of hydrogen-bond acceptors (Lipinski definition) is 5. The molecule has 0 saturated carbocycles. The van der Waals surface area contributed by atoms with E-state index in [4.69, 9.17) is 13.9 Å². The summed E-state index contributed by atoms with van der Waals surface area (Å²) in [6.07, 6.45) is 6.78. The molecule has 0 aliphatic heterocycles. The maximum Gasteiger partial charge on any atom is 0.244 e. The summed E-state index contributed by atoms with van der Waals surface area (Å²) in [5.41, 5.74) is 6.20. The summed E-state index contributed by atoms with van der Waals surface area (Å²) in [7, 11) is 3.27. The number of aryl methyl sites for hydroxylation is 1. The molecule has 0 saturated heterocycles. The van der Waals surface area contributed by atoms with E-state index >= 15 is 0 Å². The monoisotopic (exact) mass is 442 g/mol. The highest BCUT2D eigenvalue weighted by molar-refractivity contribution is 6.01. The first-order valence-corrected chi connectivity index (χ1v) is 10.6. The topological polar surface area (TPSA) is 73.6 Å². The van der Waals surface area contributed by atoms with Crippen molar-refractivity contribution in [2.75, 3.05) is 14.2 Å². The molecular formula is C27H26N2O4. The number of furan rings is 1. The largest absolute Gasteiger partial charge is 0.497 e. The molecule has 33 heavy (non-hydrogen) atoms. The summed E-state index contributed by atoms with van der Waals surface area (Å²) in [5, 5.41) is 3.86. The highest BCUT2D eigenvalue weighted by Gasteiger charge is 2.19. The van der Waals surface area contributed by atoms with Crippen LogP contribution in [0.2, 0.25) is 0 Å². The van der Waals surface area contributed by atoms with Gasteiger partial charge in [-0.3, -0.25) is 9.78 Å². The molecule has 0 aliphatic rings. The van der Waals surface area contributed by atoms with Gasteiger partial charge in [-0.1, -0.05) is 18.2 Å². The highest BCUT2D eigenvalue weighted by Crippen LogP contribution is 2.40. The molecule has 0 atom stereocenters. The first kappa shape index (κ1) is 22.1. The second kappa shape index (κ2) is 9.61. The molecule has 6 nitrogen and oxygen atoms in total. The number of carbonyl (C=O) groups is 1. The van der Waals surface area contributed by atoms with E-state index in [0.29, 0.717) is 12.3 Å². The van der Waals surface area contributed by atoms with Gasteiger partial charge in [-0.25, -0.2) is 0 Å². The Bertz CT molecular complexity index is 1310. The molecule has 2 aromatic carbocycles. The Labute approximate surface area is 192 Å². The zero-order chi connectivity index (χ0) is 23.4. The van der Waals surface area contributed by atoms with Crippen LogP contribution in [-0.4, -0.2) is 25.1 Å². The van der Waals surface area contributed by atoms with Gasteiger partial charge in [0, 0.05) is 47.1 Å². The van der Waals surface area contributed by atoms with Crippen LogP contribution < -0.4 is 14.8 Å². The van der Waals surface area contributed by atoms with E-state index in [9.17, 15) is 4.79 Å². The third-order valence-electron chi connectivity index (χ3n) is 5.61. The number of carbonyl (C=O) groups excluding carboxylic acids is 1. The molecule has 4 aromatic rings. The number of hydrogen-bond donors (Lipinski definition) is 1. The quantitative estimate of drug-likeness (QED) is 0.381. The van der Waals surface area contributed by atoms with Crippen LogP contribution >= 0.6 is 0 Å². The van der Waals surface area contributed by atoms with Gasteiger partial charge in [0.1, 0.15) is 17.1 Å². The number of rotatable bonds is 7. The van der Waals surface area contributed by atoms with Crippen molar-refractivity contribution in [3.63, 3.8) is 0 Å². The smallest absolute Gasteiger partial charge is 0.244 e. The van der Waals surface area contributed by atoms with Crippen LogP contribution in [0.1, 0.15) is 23.6 Å². The highest BCUT2D eigenvalue weighted by atomic mass is 16.5. The third-order valence-corrected chi connectivity index (χ3v) is 5.61. The Hall–Kier alpha value is -4.06. The lowest BCUT2D eigenvalue weighted by atomic mass is 9.96. The zero-order valence-corrected chi connectivity index (χ0v) is 19.1. The Kier molecular flexibility index (Phi) is 6.45. The summed E-state index contributed by atoms with van der Waals surface area (Å²) < 4.78 is 16.9. The third kappa shape index (κ3) is 4.60. The van der Waals surface area contributed by atoms with Crippen molar-refractivity contribution in [1.82, 2.24) is 10.3 Å². The molecule has 0 spiro atoms. The number of nitrogens with one attached hydrogen (secondary N) is 1.